The largest absolute Gasteiger partial charge is 0.489 e. The maximum absolute atomic E-state index is 13.2. The Morgan fingerprint density at radius 2 is 1.67 bits per heavy atom. The average molecular weight is 526 g/mol. The second-order valence-electron chi connectivity index (χ2n) is 10.6. The Hall–Kier alpha value is -4.39. The molecule has 0 radical (unpaired) electrons. The van der Waals surface area contributed by atoms with Crippen LogP contribution in [-0.4, -0.2) is 28.8 Å². The lowest BCUT2D eigenvalue weighted by Crippen LogP contribution is -2.14. The Morgan fingerprint density at radius 1 is 0.949 bits per heavy atom. The molecule has 0 unspecified atom stereocenters. The lowest BCUT2D eigenvalue weighted by atomic mass is 9.87. The number of ether oxygens (including phenoxy) is 2. The zero-order valence-electron chi connectivity index (χ0n) is 23.4. The number of amides is 1. The Balaban J connectivity index is 1.45. The number of esters is 1. The van der Waals surface area contributed by atoms with Crippen molar-refractivity contribution in [1.82, 2.24) is 9.78 Å². The molecular formula is C32H35N3O4. The van der Waals surface area contributed by atoms with Gasteiger partial charge in [-0.25, -0.2) is 4.79 Å². The first kappa shape index (κ1) is 27.6. The molecule has 0 saturated carbocycles. The molecule has 202 valence electrons. The summed E-state index contributed by atoms with van der Waals surface area (Å²) in [6.07, 6.45) is 0. The predicted octanol–water partition coefficient (Wildman–Crippen LogP) is 6.46. The van der Waals surface area contributed by atoms with Crippen LogP contribution in [0.25, 0.3) is 0 Å². The number of hydrogen-bond acceptors (Lipinski definition) is 5. The van der Waals surface area contributed by atoms with E-state index >= 15 is 0 Å². The highest BCUT2D eigenvalue weighted by atomic mass is 16.5. The second-order valence-corrected chi connectivity index (χ2v) is 10.6. The Morgan fingerprint density at radius 3 is 2.36 bits per heavy atom. The van der Waals surface area contributed by atoms with E-state index < -0.39 is 5.97 Å². The first-order chi connectivity index (χ1) is 18.6. The van der Waals surface area contributed by atoms with Crippen molar-refractivity contribution in [3.05, 3.63) is 112 Å². The Kier molecular flexibility index (Phi) is 8.19. The highest BCUT2D eigenvalue weighted by Crippen LogP contribution is 2.25. The van der Waals surface area contributed by atoms with E-state index in [1.807, 2.05) is 56.3 Å². The topological polar surface area (TPSA) is 82.5 Å². The third kappa shape index (κ3) is 6.55. The molecule has 0 aliphatic heterocycles. The lowest BCUT2D eigenvalue weighted by Gasteiger charge is -2.19. The van der Waals surface area contributed by atoms with Crippen LogP contribution in [0.4, 0.5) is 5.69 Å². The summed E-state index contributed by atoms with van der Waals surface area (Å²) in [5, 5.41) is 7.63. The molecule has 4 aromatic rings. The van der Waals surface area contributed by atoms with Gasteiger partial charge in [0, 0.05) is 5.56 Å². The summed E-state index contributed by atoms with van der Waals surface area (Å²) in [6.45, 7) is 11.0. The molecule has 1 N–H and O–H groups in total. The minimum atomic E-state index is -0.397. The molecule has 1 amide bonds. The second kappa shape index (κ2) is 11.6. The van der Waals surface area contributed by atoms with Gasteiger partial charge in [0.1, 0.15) is 12.4 Å². The number of methoxy groups -OCH3 is 1. The van der Waals surface area contributed by atoms with Crippen LogP contribution < -0.4 is 10.1 Å². The highest BCUT2D eigenvalue weighted by molar-refractivity contribution is 6.05. The number of aromatic nitrogens is 2. The van der Waals surface area contributed by atoms with Crippen molar-refractivity contribution in [2.45, 2.75) is 53.2 Å². The van der Waals surface area contributed by atoms with Gasteiger partial charge in [0.05, 0.1) is 36.3 Å². The maximum Gasteiger partial charge on any atom is 0.338 e. The van der Waals surface area contributed by atoms with E-state index in [1.54, 1.807) is 22.9 Å². The maximum atomic E-state index is 13.2. The summed E-state index contributed by atoms with van der Waals surface area (Å²) in [4.78, 5) is 25.3. The third-order valence-electron chi connectivity index (χ3n) is 6.68. The average Bonchev–Trinajstić information content (AvgIpc) is 3.18. The van der Waals surface area contributed by atoms with Crippen LogP contribution >= 0.6 is 0 Å². The fourth-order valence-electron chi connectivity index (χ4n) is 4.37. The molecule has 39 heavy (non-hydrogen) atoms. The number of anilines is 1. The molecule has 1 aromatic heterocycles. The molecule has 0 aliphatic rings. The summed E-state index contributed by atoms with van der Waals surface area (Å²) in [5.41, 5.74) is 6.16. The van der Waals surface area contributed by atoms with E-state index in [4.69, 9.17) is 9.47 Å². The molecule has 3 aromatic carbocycles. The standard InChI is InChI=1S/C32H35N3O4/c1-21-29(22(2)35(34-21)19-25-11-7-8-13-28(25)31(37)38-6)33-30(36)24-12-9-10-23(18-24)20-39-27-16-14-26(15-17-27)32(3,4)5/h7-18H,19-20H2,1-6H3,(H,33,36). The van der Waals surface area contributed by atoms with E-state index in [0.717, 1.165) is 22.6 Å². The first-order valence-electron chi connectivity index (χ1n) is 12.9. The van der Waals surface area contributed by atoms with Crippen molar-refractivity contribution in [2.75, 3.05) is 12.4 Å². The van der Waals surface area contributed by atoms with Crippen LogP contribution in [0.3, 0.4) is 0 Å². The van der Waals surface area contributed by atoms with Gasteiger partial charge in [0.25, 0.3) is 5.91 Å². The molecule has 0 saturated heterocycles. The number of carbonyl (C=O) groups is 2. The smallest absolute Gasteiger partial charge is 0.338 e. The summed E-state index contributed by atoms with van der Waals surface area (Å²) < 4.78 is 12.7. The molecule has 0 aliphatic carbocycles. The summed E-state index contributed by atoms with van der Waals surface area (Å²) in [6, 6.07) is 22.8. The summed E-state index contributed by atoms with van der Waals surface area (Å²) >= 11 is 0. The van der Waals surface area contributed by atoms with Gasteiger partial charge in [0.15, 0.2) is 0 Å². The SMILES string of the molecule is COC(=O)c1ccccc1Cn1nc(C)c(NC(=O)c2cccc(COc3ccc(C(C)(C)C)cc3)c2)c1C. The fraction of sp³-hybridized carbons (Fsp3) is 0.281. The van der Waals surface area contributed by atoms with Gasteiger partial charge in [-0.2, -0.15) is 5.10 Å². The zero-order chi connectivity index (χ0) is 28.2. The highest BCUT2D eigenvalue weighted by Gasteiger charge is 2.18. The number of hydrogen-bond donors (Lipinski definition) is 1. The van der Waals surface area contributed by atoms with Gasteiger partial charge in [-0.15, -0.1) is 0 Å². The van der Waals surface area contributed by atoms with Crippen LogP contribution in [0.2, 0.25) is 0 Å². The number of rotatable bonds is 8. The molecule has 4 rings (SSSR count). The number of benzene rings is 3. The van der Waals surface area contributed by atoms with Gasteiger partial charge < -0.3 is 14.8 Å². The van der Waals surface area contributed by atoms with E-state index in [2.05, 4.69) is 43.3 Å². The number of nitrogens with one attached hydrogen (secondary N) is 1. The first-order valence-corrected chi connectivity index (χ1v) is 12.9. The number of nitrogens with zero attached hydrogens (tertiary/aromatic N) is 2. The van der Waals surface area contributed by atoms with Crippen molar-refractivity contribution in [3.8, 4) is 5.75 Å². The van der Waals surface area contributed by atoms with Crippen molar-refractivity contribution in [2.24, 2.45) is 0 Å². The van der Waals surface area contributed by atoms with E-state index in [9.17, 15) is 9.59 Å². The van der Waals surface area contributed by atoms with Gasteiger partial charge in [0.2, 0.25) is 0 Å². The minimum absolute atomic E-state index is 0.0843. The zero-order valence-corrected chi connectivity index (χ0v) is 23.4. The number of carbonyl (C=O) groups excluding carboxylic acids is 2. The van der Waals surface area contributed by atoms with Crippen molar-refractivity contribution >= 4 is 17.6 Å². The van der Waals surface area contributed by atoms with Gasteiger partial charge in [-0.3, -0.25) is 9.48 Å². The Bertz CT molecular complexity index is 1480. The van der Waals surface area contributed by atoms with E-state index in [-0.39, 0.29) is 11.3 Å². The van der Waals surface area contributed by atoms with Gasteiger partial charge in [-0.1, -0.05) is 63.2 Å². The van der Waals surface area contributed by atoms with Crippen LogP contribution in [0.5, 0.6) is 5.75 Å². The molecule has 1 heterocycles. The normalized spacial score (nSPS) is 11.2. The third-order valence-corrected chi connectivity index (χ3v) is 6.68. The monoisotopic (exact) mass is 525 g/mol. The summed E-state index contributed by atoms with van der Waals surface area (Å²) in [5.74, 6) is 0.156. The van der Waals surface area contributed by atoms with Crippen molar-refractivity contribution in [3.63, 3.8) is 0 Å². The molecule has 7 heteroatoms. The predicted molar refractivity (Wildman–Crippen MR) is 152 cm³/mol. The lowest BCUT2D eigenvalue weighted by molar-refractivity contribution is 0.0599. The van der Waals surface area contributed by atoms with Crippen molar-refractivity contribution < 1.29 is 19.1 Å². The van der Waals surface area contributed by atoms with Crippen molar-refractivity contribution in [1.29, 1.82) is 0 Å². The van der Waals surface area contributed by atoms with E-state index in [1.165, 1.54) is 12.7 Å². The molecular weight excluding hydrogens is 490 g/mol. The molecule has 0 spiro atoms. The molecule has 0 bridgehead atoms. The number of aryl methyl sites for hydroxylation is 1. The van der Waals surface area contributed by atoms with Gasteiger partial charge >= 0.3 is 5.97 Å². The van der Waals surface area contributed by atoms with Crippen LogP contribution in [0, 0.1) is 13.8 Å². The van der Waals surface area contributed by atoms with E-state index in [0.29, 0.717) is 35.7 Å². The van der Waals surface area contributed by atoms with Gasteiger partial charge in [-0.05, 0) is 66.3 Å². The van der Waals surface area contributed by atoms with Crippen LogP contribution in [0.1, 0.15) is 69.6 Å². The van der Waals surface area contributed by atoms with Crippen LogP contribution in [-0.2, 0) is 23.3 Å². The summed E-state index contributed by atoms with van der Waals surface area (Å²) in [7, 11) is 1.36. The Labute approximate surface area is 229 Å². The quantitative estimate of drug-likeness (QED) is 0.267. The fourth-order valence-corrected chi connectivity index (χ4v) is 4.37. The minimum Gasteiger partial charge on any atom is -0.489 e. The molecule has 0 fully saturated rings. The molecule has 0 atom stereocenters. The molecule has 7 nitrogen and oxygen atoms in total. The van der Waals surface area contributed by atoms with Crippen LogP contribution in [0.15, 0.2) is 72.8 Å².